The number of likely N-dealkylation sites (tertiary alicyclic amines) is 2. The van der Waals surface area contributed by atoms with Crippen LogP contribution in [-0.4, -0.2) is 77.8 Å². The van der Waals surface area contributed by atoms with Crippen molar-refractivity contribution < 1.29 is 24.1 Å². The number of ether oxygens (including phenoxy) is 3. The van der Waals surface area contributed by atoms with Gasteiger partial charge in [0.15, 0.2) is 0 Å². The molecule has 1 aromatic heterocycles. The highest BCUT2D eigenvalue weighted by molar-refractivity contribution is 6.32. The number of aliphatic carboxylic acids is 1. The molecule has 306 valence electrons. The zero-order valence-electron chi connectivity index (χ0n) is 33.9. The van der Waals surface area contributed by atoms with Gasteiger partial charge in [-0.3, -0.25) is 14.7 Å². The van der Waals surface area contributed by atoms with E-state index in [1.54, 1.807) is 18.3 Å². The lowest BCUT2D eigenvalue weighted by Crippen LogP contribution is -2.48. The predicted octanol–water partition coefficient (Wildman–Crippen LogP) is 8.72. The first-order valence-electron chi connectivity index (χ1n) is 20.9. The summed E-state index contributed by atoms with van der Waals surface area (Å²) in [5.41, 5.74) is 7.97. The summed E-state index contributed by atoms with van der Waals surface area (Å²) in [6, 6.07) is 19.5. The van der Waals surface area contributed by atoms with Gasteiger partial charge in [-0.15, -0.1) is 0 Å². The van der Waals surface area contributed by atoms with Crippen LogP contribution in [-0.2, 0) is 24.6 Å². The Balaban J connectivity index is 1.02. The summed E-state index contributed by atoms with van der Waals surface area (Å²) in [6.07, 6.45) is 11.9. The summed E-state index contributed by atoms with van der Waals surface area (Å²) >= 11 is 6.89. The number of carboxylic acid groups (broad SMARTS) is 1. The van der Waals surface area contributed by atoms with Crippen molar-refractivity contribution in [2.24, 2.45) is 5.41 Å². The molecule has 0 amide bonds. The average Bonchev–Trinajstić information content (AvgIpc) is 3.24. The van der Waals surface area contributed by atoms with Crippen molar-refractivity contribution in [2.45, 2.75) is 91.0 Å². The third-order valence-corrected chi connectivity index (χ3v) is 12.8. The van der Waals surface area contributed by atoms with Crippen molar-refractivity contribution in [2.75, 3.05) is 45.9 Å². The number of hydrogen-bond donors (Lipinski definition) is 2. The number of carboxylic acids is 1. The highest BCUT2D eigenvalue weighted by atomic mass is 35.5. The summed E-state index contributed by atoms with van der Waals surface area (Å²) in [6.45, 7) is 12.2. The van der Waals surface area contributed by atoms with Gasteiger partial charge in [0, 0.05) is 49.2 Å². The fourth-order valence-corrected chi connectivity index (χ4v) is 9.18. The molecule has 0 aliphatic carbocycles. The molecule has 3 fully saturated rings. The molecule has 1 atom stereocenters. The van der Waals surface area contributed by atoms with Crippen LogP contribution in [0.4, 0.5) is 0 Å². The molecular formula is C47H56ClN5O5. The number of piperidine rings is 3. The normalized spacial score (nSPS) is 18.4. The Bertz CT molecular complexity index is 2090. The number of nitrogens with zero attached hydrogens (tertiary/aromatic N) is 4. The van der Waals surface area contributed by atoms with Crippen LogP contribution in [0.5, 0.6) is 17.2 Å². The highest BCUT2D eigenvalue weighted by Crippen LogP contribution is 2.39. The molecule has 58 heavy (non-hydrogen) atoms. The highest BCUT2D eigenvalue weighted by Gasteiger charge is 2.35. The number of aromatic nitrogens is 1. The number of hydrogen-bond acceptors (Lipinski definition) is 9. The van der Waals surface area contributed by atoms with E-state index >= 15 is 0 Å². The number of nitriles is 1. The second kappa shape index (κ2) is 19.4. The van der Waals surface area contributed by atoms with Crippen LogP contribution in [0.3, 0.4) is 0 Å². The Morgan fingerprint density at radius 3 is 2.48 bits per heavy atom. The van der Waals surface area contributed by atoms with Crippen molar-refractivity contribution in [3.05, 3.63) is 105 Å². The van der Waals surface area contributed by atoms with Crippen molar-refractivity contribution >= 4 is 17.6 Å². The molecule has 2 N–H and O–H groups in total. The maximum absolute atomic E-state index is 12.1. The molecule has 0 unspecified atom stereocenters. The summed E-state index contributed by atoms with van der Waals surface area (Å²) in [5, 5.41) is 23.3. The lowest BCUT2D eigenvalue weighted by atomic mass is 9.73. The molecule has 10 nitrogen and oxygen atoms in total. The Labute approximate surface area is 348 Å². The molecular weight excluding hydrogens is 750 g/mol. The first kappa shape index (κ1) is 41.5. The molecule has 4 aromatic rings. The fraction of sp³-hybridized carbons (Fsp3) is 0.468. The molecule has 3 aromatic carbocycles. The van der Waals surface area contributed by atoms with Crippen LogP contribution < -0.4 is 19.5 Å². The summed E-state index contributed by atoms with van der Waals surface area (Å²) in [5.74, 6) is 1.09. The Kier molecular flexibility index (Phi) is 13.9. The van der Waals surface area contributed by atoms with Crippen molar-refractivity contribution in [1.29, 1.82) is 5.26 Å². The summed E-state index contributed by atoms with van der Waals surface area (Å²) in [4.78, 5) is 20.9. The molecule has 7 rings (SSSR count). The van der Waals surface area contributed by atoms with E-state index in [0.29, 0.717) is 53.6 Å². The zero-order valence-corrected chi connectivity index (χ0v) is 34.7. The first-order valence-corrected chi connectivity index (χ1v) is 21.2. The molecule has 4 heterocycles. The van der Waals surface area contributed by atoms with Gasteiger partial charge in [-0.2, -0.15) is 5.26 Å². The average molecular weight is 806 g/mol. The standard InChI is InChI=1S/C47H56ClN5O5/c1-33-37(9-5-10-39(33)40-11-6-13-43(34(40)2)56-22-8-18-52-20-15-47(16-21-52)14-7-17-50-32-47)31-58-45-25-44(57-30-36-23-35(26-49)27-51-28-36)38(24-41(45)48)29-53-19-4-3-12-42(53)46(54)55/h5-6,9-11,13,23-25,27-28,42,50H,3-4,7-8,12,14-22,29-32H2,1-2H3,(H,54,55)/t42-/m0/s1. The second-order valence-corrected chi connectivity index (χ2v) is 16.7. The van der Waals surface area contributed by atoms with Gasteiger partial charge >= 0.3 is 5.97 Å². The minimum Gasteiger partial charge on any atom is -0.493 e. The van der Waals surface area contributed by atoms with Crippen LogP contribution in [0.25, 0.3) is 11.1 Å². The number of benzene rings is 3. The quantitative estimate of drug-likeness (QED) is 0.113. The number of halogens is 1. The number of pyridine rings is 1. The van der Waals surface area contributed by atoms with E-state index in [2.05, 4.69) is 71.5 Å². The summed E-state index contributed by atoms with van der Waals surface area (Å²) < 4.78 is 19.2. The minimum atomic E-state index is -0.826. The van der Waals surface area contributed by atoms with Crippen molar-refractivity contribution in [3.63, 3.8) is 0 Å². The van der Waals surface area contributed by atoms with E-state index in [9.17, 15) is 15.2 Å². The van der Waals surface area contributed by atoms with Gasteiger partial charge in [-0.25, -0.2) is 0 Å². The monoisotopic (exact) mass is 805 g/mol. The Morgan fingerprint density at radius 1 is 0.914 bits per heavy atom. The van der Waals surface area contributed by atoms with Gasteiger partial charge in [-0.1, -0.05) is 48.4 Å². The van der Waals surface area contributed by atoms with Crippen LogP contribution in [0, 0.1) is 30.6 Å². The van der Waals surface area contributed by atoms with Gasteiger partial charge in [-0.05, 0) is 136 Å². The lowest BCUT2D eigenvalue weighted by molar-refractivity contribution is -0.144. The van der Waals surface area contributed by atoms with E-state index in [1.165, 1.54) is 58.1 Å². The number of rotatable bonds is 15. The predicted molar refractivity (Wildman–Crippen MR) is 226 cm³/mol. The smallest absolute Gasteiger partial charge is 0.320 e. The van der Waals surface area contributed by atoms with Gasteiger partial charge in [0.1, 0.15) is 42.6 Å². The maximum atomic E-state index is 12.1. The van der Waals surface area contributed by atoms with Gasteiger partial charge in [0.2, 0.25) is 0 Å². The molecule has 0 radical (unpaired) electrons. The third-order valence-electron chi connectivity index (χ3n) is 12.5. The largest absolute Gasteiger partial charge is 0.493 e. The molecule has 3 aliphatic rings. The maximum Gasteiger partial charge on any atom is 0.320 e. The second-order valence-electron chi connectivity index (χ2n) is 16.3. The summed E-state index contributed by atoms with van der Waals surface area (Å²) in [7, 11) is 0. The van der Waals surface area contributed by atoms with Gasteiger partial charge < -0.3 is 29.5 Å². The molecule has 3 saturated heterocycles. The van der Waals surface area contributed by atoms with E-state index in [4.69, 9.17) is 25.8 Å². The van der Waals surface area contributed by atoms with E-state index < -0.39 is 12.0 Å². The van der Waals surface area contributed by atoms with Gasteiger partial charge in [0.05, 0.1) is 17.2 Å². The van der Waals surface area contributed by atoms with Crippen LogP contribution in [0.15, 0.2) is 67.0 Å². The van der Waals surface area contributed by atoms with E-state index in [1.807, 2.05) is 11.0 Å². The molecule has 0 saturated carbocycles. The minimum absolute atomic E-state index is 0.166. The third kappa shape index (κ3) is 10.1. The van der Waals surface area contributed by atoms with E-state index in [0.717, 1.165) is 70.5 Å². The lowest BCUT2D eigenvalue weighted by Gasteiger charge is -2.44. The Morgan fingerprint density at radius 2 is 1.71 bits per heavy atom. The van der Waals surface area contributed by atoms with Crippen LogP contribution >= 0.6 is 11.6 Å². The van der Waals surface area contributed by atoms with Gasteiger partial charge in [0.25, 0.3) is 0 Å². The fourth-order valence-electron chi connectivity index (χ4n) is 8.94. The molecule has 0 bridgehead atoms. The molecule has 1 spiro atoms. The number of nitrogens with one attached hydrogen (secondary N) is 1. The Hall–Kier alpha value is -4.66. The molecule has 11 heteroatoms. The van der Waals surface area contributed by atoms with Crippen molar-refractivity contribution in [3.8, 4) is 34.4 Å². The first-order chi connectivity index (χ1) is 28.2. The SMILES string of the molecule is Cc1c(COc2cc(OCc3cncc(C#N)c3)c(CN3CCCC[C@H]3C(=O)O)cc2Cl)cccc1-c1cccc(OCCCN2CCC3(CCCNC3)CC2)c1C. The zero-order chi connectivity index (χ0) is 40.5. The van der Waals surface area contributed by atoms with Crippen LogP contribution in [0.1, 0.15) is 84.7 Å². The van der Waals surface area contributed by atoms with Crippen LogP contribution in [0.2, 0.25) is 5.02 Å². The number of carbonyl (C=O) groups is 1. The topological polar surface area (TPSA) is 120 Å². The molecule has 3 aliphatic heterocycles. The van der Waals surface area contributed by atoms with E-state index in [-0.39, 0.29) is 13.2 Å². The van der Waals surface area contributed by atoms with Crippen molar-refractivity contribution in [1.82, 2.24) is 20.1 Å².